The first-order chi connectivity index (χ1) is 9.15. The Morgan fingerprint density at radius 3 is 2.95 bits per heavy atom. The van der Waals surface area contributed by atoms with E-state index in [4.69, 9.17) is 23.2 Å². The maximum atomic E-state index is 12.0. The summed E-state index contributed by atoms with van der Waals surface area (Å²) in [7, 11) is 0. The number of Topliss-reactive ketones (excluding diaryl/α,β-unsaturated/α-hetero) is 1. The van der Waals surface area contributed by atoms with Crippen molar-refractivity contribution in [1.29, 1.82) is 0 Å². The quantitative estimate of drug-likeness (QED) is 0.894. The number of hydrogen-bond acceptors (Lipinski definition) is 2. The van der Waals surface area contributed by atoms with E-state index in [2.05, 4.69) is 5.32 Å². The van der Waals surface area contributed by atoms with Crippen LogP contribution in [-0.2, 0) is 11.2 Å². The highest BCUT2D eigenvalue weighted by molar-refractivity contribution is 6.33. The highest BCUT2D eigenvalue weighted by Gasteiger charge is 2.15. The van der Waals surface area contributed by atoms with Gasteiger partial charge < -0.3 is 5.32 Å². The van der Waals surface area contributed by atoms with Crippen LogP contribution in [0, 0.1) is 5.92 Å². The molecule has 1 unspecified atom stereocenters. The molecule has 0 aromatic heterocycles. The van der Waals surface area contributed by atoms with Crippen molar-refractivity contribution in [2.24, 2.45) is 5.92 Å². The molecule has 104 valence electrons. The number of piperidine rings is 1. The van der Waals surface area contributed by atoms with Crippen molar-refractivity contribution in [3.8, 4) is 0 Å². The Kier molecular flexibility index (Phi) is 5.68. The van der Waals surface area contributed by atoms with Gasteiger partial charge in [-0.15, -0.1) is 0 Å². The molecule has 0 spiro atoms. The molecule has 0 amide bonds. The average molecular weight is 300 g/mol. The molecule has 4 heteroatoms. The number of carbonyl (C=O) groups is 1. The van der Waals surface area contributed by atoms with Gasteiger partial charge in [-0.3, -0.25) is 4.79 Å². The van der Waals surface area contributed by atoms with Crippen LogP contribution < -0.4 is 5.32 Å². The van der Waals surface area contributed by atoms with Crippen molar-refractivity contribution >= 4 is 29.0 Å². The average Bonchev–Trinajstić information content (AvgIpc) is 2.42. The Morgan fingerprint density at radius 2 is 2.21 bits per heavy atom. The van der Waals surface area contributed by atoms with Crippen molar-refractivity contribution in [1.82, 2.24) is 5.32 Å². The van der Waals surface area contributed by atoms with Crippen LogP contribution >= 0.6 is 23.2 Å². The first-order valence-corrected chi connectivity index (χ1v) is 7.57. The Morgan fingerprint density at radius 1 is 1.37 bits per heavy atom. The molecule has 1 heterocycles. The predicted octanol–water partition coefficient (Wildman–Crippen LogP) is 3.88. The Hall–Kier alpha value is -0.570. The minimum absolute atomic E-state index is 0.245. The van der Waals surface area contributed by atoms with Crippen molar-refractivity contribution in [2.75, 3.05) is 13.1 Å². The summed E-state index contributed by atoms with van der Waals surface area (Å²) in [6.07, 6.45) is 4.45. The normalized spacial score (nSPS) is 19.4. The number of ketones is 1. The fourth-order valence-corrected chi connectivity index (χ4v) is 2.89. The van der Waals surface area contributed by atoms with Gasteiger partial charge in [0.1, 0.15) is 5.78 Å². The zero-order valence-corrected chi connectivity index (χ0v) is 12.4. The molecular weight excluding hydrogens is 281 g/mol. The van der Waals surface area contributed by atoms with Crippen LogP contribution in [0.1, 0.15) is 31.2 Å². The molecule has 1 aliphatic heterocycles. The lowest BCUT2D eigenvalue weighted by molar-refractivity contribution is -0.118. The lowest BCUT2D eigenvalue weighted by Crippen LogP contribution is -2.30. The van der Waals surface area contributed by atoms with Crippen molar-refractivity contribution < 1.29 is 4.79 Å². The number of rotatable bonds is 5. The minimum Gasteiger partial charge on any atom is -0.316 e. The molecule has 1 saturated heterocycles. The van der Waals surface area contributed by atoms with E-state index in [1.54, 1.807) is 18.2 Å². The first-order valence-electron chi connectivity index (χ1n) is 6.81. The van der Waals surface area contributed by atoms with Crippen LogP contribution in [0.4, 0.5) is 0 Å². The van der Waals surface area contributed by atoms with E-state index in [1.165, 1.54) is 12.8 Å². The van der Waals surface area contributed by atoms with Gasteiger partial charge in [0.2, 0.25) is 0 Å². The van der Waals surface area contributed by atoms with Gasteiger partial charge >= 0.3 is 0 Å². The van der Waals surface area contributed by atoms with Gasteiger partial charge in [0, 0.05) is 22.9 Å². The molecule has 0 saturated carbocycles. The van der Waals surface area contributed by atoms with Gasteiger partial charge in [-0.1, -0.05) is 23.2 Å². The van der Waals surface area contributed by atoms with Gasteiger partial charge in [-0.05, 0) is 62.0 Å². The highest BCUT2D eigenvalue weighted by atomic mass is 35.5. The molecule has 1 aromatic carbocycles. The molecule has 19 heavy (non-hydrogen) atoms. The summed E-state index contributed by atoms with van der Waals surface area (Å²) in [6, 6.07) is 5.27. The van der Waals surface area contributed by atoms with Gasteiger partial charge in [-0.25, -0.2) is 0 Å². The van der Waals surface area contributed by atoms with Gasteiger partial charge in [0.15, 0.2) is 0 Å². The second-order valence-electron chi connectivity index (χ2n) is 5.20. The number of halogens is 2. The zero-order chi connectivity index (χ0) is 13.7. The number of hydrogen-bond donors (Lipinski definition) is 1. The lowest BCUT2D eigenvalue weighted by atomic mass is 9.92. The molecule has 2 rings (SSSR count). The fraction of sp³-hybridized carbons (Fsp3) is 0.533. The second kappa shape index (κ2) is 7.28. The molecule has 1 aromatic rings. The molecule has 0 aliphatic carbocycles. The molecule has 1 aliphatic rings. The smallest absolute Gasteiger partial charge is 0.137 e. The molecule has 0 radical (unpaired) electrons. The van der Waals surface area contributed by atoms with E-state index >= 15 is 0 Å². The predicted molar refractivity (Wildman–Crippen MR) is 80.0 cm³/mol. The lowest BCUT2D eigenvalue weighted by Gasteiger charge is -2.22. The first kappa shape index (κ1) is 14.8. The van der Waals surface area contributed by atoms with Crippen LogP contribution in [-0.4, -0.2) is 18.9 Å². The maximum Gasteiger partial charge on any atom is 0.137 e. The van der Waals surface area contributed by atoms with E-state index in [-0.39, 0.29) is 5.78 Å². The summed E-state index contributed by atoms with van der Waals surface area (Å²) < 4.78 is 0. The van der Waals surface area contributed by atoms with Crippen LogP contribution in [0.25, 0.3) is 0 Å². The SMILES string of the molecule is O=C(CCC1CCCNC1)Cc1cc(Cl)ccc1Cl. The summed E-state index contributed by atoms with van der Waals surface area (Å²) in [5.41, 5.74) is 0.834. The van der Waals surface area contributed by atoms with Crippen LogP contribution in [0.15, 0.2) is 18.2 Å². The third-order valence-electron chi connectivity index (χ3n) is 3.63. The fourth-order valence-electron chi connectivity index (χ4n) is 2.52. The molecule has 0 bridgehead atoms. The molecular formula is C15H19Cl2NO. The Labute approximate surface area is 124 Å². The highest BCUT2D eigenvalue weighted by Crippen LogP contribution is 2.22. The number of benzene rings is 1. The van der Waals surface area contributed by atoms with E-state index in [1.807, 2.05) is 0 Å². The Balaban J connectivity index is 1.81. The molecule has 1 N–H and O–H groups in total. The standard InChI is InChI=1S/C15H19Cl2NO/c16-13-4-6-15(17)12(8-13)9-14(19)5-3-11-2-1-7-18-10-11/h4,6,8,11,18H,1-3,5,7,9-10H2. The third kappa shape index (κ3) is 4.79. The third-order valence-corrected chi connectivity index (χ3v) is 4.23. The molecule has 2 nitrogen and oxygen atoms in total. The number of nitrogens with one attached hydrogen (secondary N) is 1. The van der Waals surface area contributed by atoms with Crippen molar-refractivity contribution in [3.63, 3.8) is 0 Å². The molecule has 1 fully saturated rings. The van der Waals surface area contributed by atoms with Gasteiger partial charge in [0.05, 0.1) is 0 Å². The van der Waals surface area contributed by atoms with Crippen LogP contribution in [0.3, 0.4) is 0 Å². The van der Waals surface area contributed by atoms with Crippen molar-refractivity contribution in [3.05, 3.63) is 33.8 Å². The second-order valence-corrected chi connectivity index (χ2v) is 6.05. The zero-order valence-electron chi connectivity index (χ0n) is 10.9. The summed E-state index contributed by atoms with van der Waals surface area (Å²) in [5.74, 6) is 0.891. The number of carbonyl (C=O) groups excluding carboxylic acids is 1. The summed E-state index contributed by atoms with van der Waals surface area (Å²) in [6.45, 7) is 2.16. The minimum atomic E-state index is 0.245. The van der Waals surface area contributed by atoms with E-state index in [0.717, 1.165) is 25.1 Å². The Bertz CT molecular complexity index is 442. The summed E-state index contributed by atoms with van der Waals surface area (Å²) >= 11 is 12.0. The summed E-state index contributed by atoms with van der Waals surface area (Å²) in [4.78, 5) is 12.0. The summed E-state index contributed by atoms with van der Waals surface area (Å²) in [5, 5.41) is 4.63. The van der Waals surface area contributed by atoms with E-state index in [0.29, 0.717) is 28.8 Å². The largest absolute Gasteiger partial charge is 0.316 e. The van der Waals surface area contributed by atoms with Gasteiger partial charge in [0.25, 0.3) is 0 Å². The maximum absolute atomic E-state index is 12.0. The monoisotopic (exact) mass is 299 g/mol. The molecule has 1 atom stereocenters. The van der Waals surface area contributed by atoms with Crippen LogP contribution in [0.2, 0.25) is 10.0 Å². The van der Waals surface area contributed by atoms with E-state index < -0.39 is 0 Å². The van der Waals surface area contributed by atoms with Crippen molar-refractivity contribution in [2.45, 2.75) is 32.1 Å². The van der Waals surface area contributed by atoms with Gasteiger partial charge in [-0.2, -0.15) is 0 Å². The topological polar surface area (TPSA) is 29.1 Å². The van der Waals surface area contributed by atoms with E-state index in [9.17, 15) is 4.79 Å². The van der Waals surface area contributed by atoms with Crippen LogP contribution in [0.5, 0.6) is 0 Å².